The number of halogens is 1. The van der Waals surface area contributed by atoms with Gasteiger partial charge in [0.05, 0.1) is 12.4 Å². The summed E-state index contributed by atoms with van der Waals surface area (Å²) in [5.41, 5.74) is 0.399. The number of benzene rings is 1. The Hall–Kier alpha value is -2.61. The molecule has 0 atom stereocenters. The van der Waals surface area contributed by atoms with Crippen molar-refractivity contribution in [1.29, 1.82) is 0 Å². The quantitative estimate of drug-likeness (QED) is 0.743. The van der Waals surface area contributed by atoms with Crippen LogP contribution in [0, 0.1) is 5.82 Å². The van der Waals surface area contributed by atoms with Gasteiger partial charge < -0.3 is 0 Å². The molecule has 0 spiro atoms. The van der Waals surface area contributed by atoms with E-state index in [0.717, 1.165) is 0 Å². The number of thiazole rings is 1. The van der Waals surface area contributed by atoms with Gasteiger partial charge in [-0.05, 0) is 24.3 Å². The van der Waals surface area contributed by atoms with Gasteiger partial charge in [0.1, 0.15) is 5.82 Å². The molecule has 0 aliphatic heterocycles. The molecule has 6 nitrogen and oxygen atoms in total. The van der Waals surface area contributed by atoms with Gasteiger partial charge in [0.15, 0.2) is 10.9 Å². The smallest absolute Gasteiger partial charge is 0.259 e. The summed E-state index contributed by atoms with van der Waals surface area (Å²) in [5.74, 6) is -0.0438. The average Bonchev–Trinajstić information content (AvgIpc) is 3.17. The second-order valence-electron chi connectivity index (χ2n) is 4.21. The van der Waals surface area contributed by atoms with E-state index in [9.17, 15) is 9.18 Å². The van der Waals surface area contributed by atoms with Crippen molar-refractivity contribution in [1.82, 2.24) is 20.0 Å². The Morgan fingerprint density at radius 2 is 2.10 bits per heavy atom. The number of carbonyl (C=O) groups is 1. The summed E-state index contributed by atoms with van der Waals surface area (Å²) < 4.78 is 14.4. The molecule has 3 aromatic rings. The lowest BCUT2D eigenvalue weighted by Crippen LogP contribution is -2.26. The molecule has 0 saturated carbocycles. The van der Waals surface area contributed by atoms with Gasteiger partial charge in [-0.25, -0.2) is 14.1 Å². The van der Waals surface area contributed by atoms with Crippen molar-refractivity contribution in [3.05, 3.63) is 53.4 Å². The number of rotatable bonds is 3. The lowest BCUT2D eigenvalue weighted by atomic mass is 10.2. The van der Waals surface area contributed by atoms with Gasteiger partial charge >= 0.3 is 0 Å². The van der Waals surface area contributed by atoms with Gasteiger partial charge in [0.2, 0.25) is 0 Å². The van der Waals surface area contributed by atoms with Crippen LogP contribution in [0.5, 0.6) is 0 Å². The Labute approximate surface area is 123 Å². The number of anilines is 1. The first kappa shape index (κ1) is 13.4. The van der Waals surface area contributed by atoms with Crippen molar-refractivity contribution in [3.8, 4) is 5.82 Å². The van der Waals surface area contributed by atoms with E-state index >= 15 is 0 Å². The van der Waals surface area contributed by atoms with Crippen molar-refractivity contribution >= 4 is 22.4 Å². The van der Waals surface area contributed by atoms with E-state index in [1.165, 1.54) is 45.2 Å². The Kier molecular flexibility index (Phi) is 3.44. The van der Waals surface area contributed by atoms with Crippen LogP contribution in [0.3, 0.4) is 0 Å². The highest BCUT2D eigenvalue weighted by atomic mass is 32.1. The van der Waals surface area contributed by atoms with E-state index in [2.05, 4.69) is 15.3 Å². The van der Waals surface area contributed by atoms with E-state index < -0.39 is 0 Å². The first-order chi connectivity index (χ1) is 10.1. The van der Waals surface area contributed by atoms with Crippen LogP contribution in [-0.2, 0) is 0 Å². The average molecular weight is 303 g/mol. The van der Waals surface area contributed by atoms with Gasteiger partial charge in [-0.2, -0.15) is 0 Å². The summed E-state index contributed by atoms with van der Waals surface area (Å²) in [4.78, 5) is 18.0. The molecule has 0 fully saturated rings. The summed E-state index contributed by atoms with van der Waals surface area (Å²) in [6.07, 6.45) is 3.22. The molecule has 1 amide bonds. The topological polar surface area (TPSA) is 63.9 Å². The molecule has 0 aliphatic carbocycles. The summed E-state index contributed by atoms with van der Waals surface area (Å²) in [6, 6.07) is 5.40. The zero-order valence-electron chi connectivity index (χ0n) is 11.0. The highest BCUT2D eigenvalue weighted by Gasteiger charge is 2.17. The molecule has 0 radical (unpaired) electrons. The van der Waals surface area contributed by atoms with E-state index in [1.54, 1.807) is 24.8 Å². The molecule has 106 valence electrons. The largest absolute Gasteiger partial charge is 0.287 e. The van der Waals surface area contributed by atoms with Crippen LogP contribution >= 0.6 is 11.3 Å². The van der Waals surface area contributed by atoms with Crippen LogP contribution in [0.25, 0.3) is 5.82 Å². The molecule has 2 aromatic heterocycles. The Morgan fingerprint density at radius 1 is 1.33 bits per heavy atom. The number of carbonyl (C=O) groups excluding carboxylic acids is 1. The van der Waals surface area contributed by atoms with Crippen LogP contribution in [0.4, 0.5) is 9.52 Å². The molecule has 0 aliphatic rings. The normalized spacial score (nSPS) is 10.6. The number of hydrogen-bond acceptors (Lipinski definition) is 5. The fourth-order valence-corrected chi connectivity index (χ4v) is 2.48. The fourth-order valence-electron chi connectivity index (χ4n) is 1.72. The Bertz CT molecular complexity index is 753. The summed E-state index contributed by atoms with van der Waals surface area (Å²) >= 11 is 1.31. The van der Waals surface area contributed by atoms with Crippen LogP contribution in [0.15, 0.2) is 42.0 Å². The number of amides is 1. The molecular weight excluding hydrogens is 293 g/mol. The third-order valence-electron chi connectivity index (χ3n) is 2.82. The Morgan fingerprint density at radius 3 is 2.76 bits per heavy atom. The predicted molar refractivity (Wildman–Crippen MR) is 76.2 cm³/mol. The SMILES string of the molecule is CN(C(=O)c1ccc(F)cc1)c1nc(-n2ccnn2)cs1. The maximum Gasteiger partial charge on any atom is 0.259 e. The second kappa shape index (κ2) is 5.41. The molecule has 0 saturated heterocycles. The third-order valence-corrected chi connectivity index (χ3v) is 3.72. The second-order valence-corrected chi connectivity index (χ2v) is 5.04. The molecular formula is C13H10FN5OS. The van der Waals surface area contributed by atoms with E-state index in [0.29, 0.717) is 16.5 Å². The standard InChI is InChI=1S/C13H10FN5OS/c1-18(12(20)9-2-4-10(14)5-3-9)13-16-11(8-21-13)19-7-6-15-17-19/h2-8H,1H3. The van der Waals surface area contributed by atoms with Crippen LogP contribution in [0.1, 0.15) is 10.4 Å². The molecule has 3 rings (SSSR count). The van der Waals surface area contributed by atoms with E-state index in [4.69, 9.17) is 0 Å². The zero-order chi connectivity index (χ0) is 14.8. The minimum absolute atomic E-state index is 0.255. The predicted octanol–water partition coefficient (Wildman–Crippen LogP) is 2.14. The molecule has 2 heterocycles. The molecule has 0 N–H and O–H groups in total. The van der Waals surface area contributed by atoms with Crippen LogP contribution < -0.4 is 4.90 Å². The highest BCUT2D eigenvalue weighted by molar-refractivity contribution is 7.14. The van der Waals surface area contributed by atoms with Gasteiger partial charge in [-0.1, -0.05) is 5.21 Å². The van der Waals surface area contributed by atoms with Crippen LogP contribution in [0.2, 0.25) is 0 Å². The first-order valence-electron chi connectivity index (χ1n) is 6.01. The number of aromatic nitrogens is 4. The third kappa shape index (κ3) is 2.65. The maximum atomic E-state index is 12.9. The van der Waals surface area contributed by atoms with E-state index in [1.807, 2.05) is 0 Å². The lowest BCUT2D eigenvalue weighted by molar-refractivity contribution is 0.0993. The molecule has 0 bridgehead atoms. The minimum Gasteiger partial charge on any atom is -0.287 e. The highest BCUT2D eigenvalue weighted by Crippen LogP contribution is 2.22. The molecule has 1 aromatic carbocycles. The lowest BCUT2D eigenvalue weighted by Gasteiger charge is -2.13. The summed E-state index contributed by atoms with van der Waals surface area (Å²) in [6.45, 7) is 0. The van der Waals surface area contributed by atoms with Gasteiger partial charge in [0, 0.05) is 18.0 Å². The molecule has 0 unspecified atom stereocenters. The first-order valence-corrected chi connectivity index (χ1v) is 6.89. The van der Waals surface area contributed by atoms with Gasteiger partial charge in [-0.15, -0.1) is 16.4 Å². The number of nitrogens with zero attached hydrogens (tertiary/aromatic N) is 5. The fraction of sp³-hybridized carbons (Fsp3) is 0.0769. The van der Waals surface area contributed by atoms with Crippen LogP contribution in [-0.4, -0.2) is 32.9 Å². The van der Waals surface area contributed by atoms with Crippen molar-refractivity contribution < 1.29 is 9.18 Å². The van der Waals surface area contributed by atoms with Gasteiger partial charge in [0.25, 0.3) is 5.91 Å². The molecule has 8 heteroatoms. The summed E-state index contributed by atoms with van der Waals surface area (Å²) in [5, 5.41) is 9.84. The van der Waals surface area contributed by atoms with Gasteiger partial charge in [-0.3, -0.25) is 9.69 Å². The minimum atomic E-state index is -0.378. The van der Waals surface area contributed by atoms with Crippen molar-refractivity contribution in [2.75, 3.05) is 11.9 Å². The van der Waals surface area contributed by atoms with Crippen molar-refractivity contribution in [3.63, 3.8) is 0 Å². The Balaban J connectivity index is 1.83. The van der Waals surface area contributed by atoms with E-state index in [-0.39, 0.29) is 11.7 Å². The number of hydrogen-bond donors (Lipinski definition) is 0. The maximum absolute atomic E-state index is 12.9. The monoisotopic (exact) mass is 303 g/mol. The van der Waals surface area contributed by atoms with Crippen molar-refractivity contribution in [2.24, 2.45) is 0 Å². The molecule has 21 heavy (non-hydrogen) atoms. The summed E-state index contributed by atoms with van der Waals surface area (Å²) in [7, 11) is 1.62. The van der Waals surface area contributed by atoms with Crippen molar-refractivity contribution in [2.45, 2.75) is 0 Å². The zero-order valence-corrected chi connectivity index (χ0v) is 11.8.